The van der Waals surface area contributed by atoms with Crippen molar-refractivity contribution in [3.8, 4) is 0 Å². The number of nitrogen functional groups attached to an aromatic ring is 2. The van der Waals surface area contributed by atoms with E-state index in [4.69, 9.17) is 11.5 Å². The van der Waals surface area contributed by atoms with Crippen LogP contribution in [0, 0.1) is 0 Å². The summed E-state index contributed by atoms with van der Waals surface area (Å²) < 4.78 is 161. The van der Waals surface area contributed by atoms with E-state index in [2.05, 4.69) is 0 Å². The van der Waals surface area contributed by atoms with E-state index in [1.807, 2.05) is 0 Å². The lowest BCUT2D eigenvalue weighted by Gasteiger charge is -2.35. The Labute approximate surface area is 191 Å². The van der Waals surface area contributed by atoms with Crippen LogP contribution in [0.2, 0.25) is 0 Å². The smallest absolute Gasteiger partial charge is 0.398 e. The van der Waals surface area contributed by atoms with Crippen LogP contribution in [0.3, 0.4) is 0 Å². The SMILES string of the molecule is Nc1ccc2cc3ccc(C(O)(C(F)(F)F)C(F)(F)F)c(N)c3cc2c1C(O)(C(F)(F)F)C(F)(F)F. The van der Waals surface area contributed by atoms with Gasteiger partial charge in [-0.05, 0) is 34.4 Å². The van der Waals surface area contributed by atoms with Crippen LogP contribution in [-0.2, 0) is 11.2 Å². The highest BCUT2D eigenvalue weighted by Crippen LogP contribution is 2.55. The van der Waals surface area contributed by atoms with Crippen LogP contribution in [0.1, 0.15) is 11.1 Å². The Morgan fingerprint density at radius 1 is 0.528 bits per heavy atom. The van der Waals surface area contributed by atoms with Gasteiger partial charge in [-0.15, -0.1) is 0 Å². The van der Waals surface area contributed by atoms with Gasteiger partial charge in [0.05, 0.1) is 0 Å². The molecule has 0 aliphatic rings. The molecule has 36 heavy (non-hydrogen) atoms. The largest absolute Gasteiger partial charge is 0.430 e. The zero-order chi connectivity index (χ0) is 27.9. The van der Waals surface area contributed by atoms with E-state index in [9.17, 15) is 62.9 Å². The van der Waals surface area contributed by atoms with Crippen molar-refractivity contribution >= 4 is 32.9 Å². The number of benzene rings is 3. The minimum atomic E-state index is -6.41. The van der Waals surface area contributed by atoms with Gasteiger partial charge >= 0.3 is 24.7 Å². The summed E-state index contributed by atoms with van der Waals surface area (Å²) in [6.45, 7) is 0. The summed E-state index contributed by atoms with van der Waals surface area (Å²) in [5.74, 6) is 0. The Kier molecular flexibility index (Phi) is 5.85. The van der Waals surface area contributed by atoms with Crippen molar-refractivity contribution in [2.45, 2.75) is 35.9 Å². The van der Waals surface area contributed by atoms with Crippen molar-refractivity contribution in [3.63, 3.8) is 0 Å². The fraction of sp³-hybridized carbons (Fsp3) is 0.300. The summed E-state index contributed by atoms with van der Waals surface area (Å²) in [5.41, 5.74) is -6.94. The first-order valence-electron chi connectivity index (χ1n) is 9.27. The van der Waals surface area contributed by atoms with E-state index in [0.717, 1.165) is 12.1 Å². The van der Waals surface area contributed by atoms with Crippen LogP contribution >= 0.6 is 0 Å². The summed E-state index contributed by atoms with van der Waals surface area (Å²) >= 11 is 0. The van der Waals surface area contributed by atoms with Crippen molar-refractivity contribution in [2.75, 3.05) is 11.5 Å². The normalized spacial score (nSPS) is 14.6. The number of fused-ring (bicyclic) bond motifs is 2. The summed E-state index contributed by atoms with van der Waals surface area (Å²) in [5, 5.41) is 16.8. The topological polar surface area (TPSA) is 92.5 Å². The summed E-state index contributed by atoms with van der Waals surface area (Å²) in [4.78, 5) is 0. The molecule has 0 unspecified atom stereocenters. The molecule has 0 saturated carbocycles. The van der Waals surface area contributed by atoms with Gasteiger partial charge in [-0.25, -0.2) is 0 Å². The van der Waals surface area contributed by atoms with E-state index < -0.39 is 74.6 Å². The lowest BCUT2D eigenvalue weighted by molar-refractivity contribution is -0.376. The third-order valence-corrected chi connectivity index (χ3v) is 5.62. The average molecular weight is 540 g/mol. The first-order valence-corrected chi connectivity index (χ1v) is 9.27. The zero-order valence-corrected chi connectivity index (χ0v) is 17.0. The minimum absolute atomic E-state index is 0.171. The number of anilines is 2. The Morgan fingerprint density at radius 3 is 1.39 bits per heavy atom. The molecule has 0 spiro atoms. The van der Waals surface area contributed by atoms with Crippen molar-refractivity contribution < 1.29 is 62.9 Å². The van der Waals surface area contributed by atoms with Gasteiger partial charge in [0.25, 0.3) is 11.2 Å². The third kappa shape index (κ3) is 3.65. The lowest BCUT2D eigenvalue weighted by Crippen LogP contribution is -2.54. The molecule has 0 aliphatic heterocycles. The average Bonchev–Trinajstić information content (AvgIpc) is 2.68. The van der Waals surface area contributed by atoms with Crippen LogP contribution < -0.4 is 11.5 Å². The fourth-order valence-corrected chi connectivity index (χ4v) is 3.82. The van der Waals surface area contributed by atoms with Crippen LogP contribution in [0.5, 0.6) is 0 Å². The summed E-state index contributed by atoms with van der Waals surface area (Å²) in [6.07, 6.45) is -25.6. The summed E-state index contributed by atoms with van der Waals surface area (Å²) in [6, 6.07) is 3.40. The molecule has 0 saturated heterocycles. The van der Waals surface area contributed by atoms with Crippen LogP contribution in [0.25, 0.3) is 21.5 Å². The second-order valence-electron chi connectivity index (χ2n) is 7.76. The van der Waals surface area contributed by atoms with Crippen molar-refractivity contribution in [2.24, 2.45) is 0 Å². The van der Waals surface area contributed by atoms with Gasteiger partial charge in [0.1, 0.15) is 0 Å². The Balaban J connectivity index is 2.53. The molecule has 0 heterocycles. The van der Waals surface area contributed by atoms with Crippen LogP contribution in [0.15, 0.2) is 36.4 Å². The highest BCUT2D eigenvalue weighted by molar-refractivity contribution is 6.06. The number of rotatable bonds is 2. The monoisotopic (exact) mass is 540 g/mol. The van der Waals surface area contributed by atoms with Gasteiger partial charge in [0, 0.05) is 27.9 Å². The van der Waals surface area contributed by atoms with E-state index in [1.54, 1.807) is 0 Å². The molecular formula is C20H12F12N2O2. The van der Waals surface area contributed by atoms with Crippen LogP contribution in [-0.4, -0.2) is 34.9 Å². The number of alkyl halides is 12. The molecule has 0 aliphatic carbocycles. The molecule has 3 aromatic carbocycles. The van der Waals surface area contributed by atoms with E-state index >= 15 is 0 Å². The molecule has 6 N–H and O–H groups in total. The van der Waals surface area contributed by atoms with E-state index in [0.29, 0.717) is 18.2 Å². The highest BCUT2D eigenvalue weighted by atomic mass is 19.4. The minimum Gasteiger partial charge on any atom is -0.398 e. The molecule has 0 radical (unpaired) electrons. The first-order chi connectivity index (χ1) is 16.0. The quantitative estimate of drug-likeness (QED) is 0.188. The molecule has 16 heteroatoms. The maximum atomic E-state index is 13.5. The lowest BCUT2D eigenvalue weighted by atomic mass is 9.84. The van der Waals surface area contributed by atoms with Gasteiger partial charge < -0.3 is 21.7 Å². The Hall–Kier alpha value is -3.14. The molecule has 3 rings (SSSR count). The number of hydrogen-bond acceptors (Lipinski definition) is 4. The molecule has 0 bridgehead atoms. The molecule has 198 valence electrons. The van der Waals surface area contributed by atoms with E-state index in [1.165, 1.54) is 0 Å². The molecular weight excluding hydrogens is 528 g/mol. The third-order valence-electron chi connectivity index (χ3n) is 5.62. The Morgan fingerprint density at radius 2 is 0.944 bits per heavy atom. The van der Waals surface area contributed by atoms with E-state index in [-0.39, 0.29) is 11.5 Å². The van der Waals surface area contributed by atoms with Gasteiger partial charge in [0.2, 0.25) is 0 Å². The van der Waals surface area contributed by atoms with Crippen molar-refractivity contribution in [1.29, 1.82) is 0 Å². The molecule has 3 aromatic rings. The van der Waals surface area contributed by atoms with Gasteiger partial charge in [0.15, 0.2) is 0 Å². The standard InChI is InChI=1S/C20H12F12N2O2/c21-17(22,23)15(35,18(24,25)26)11-3-1-8-5-7-2-4-12(33)13(9(7)6-10(8)14(11)34)16(36,19(27,28)29)20(30,31)32/h1-6,35-36H,33-34H2. The predicted octanol–water partition coefficient (Wildman–Crippen LogP) is 5.78. The van der Waals surface area contributed by atoms with Crippen molar-refractivity contribution in [1.82, 2.24) is 0 Å². The molecule has 0 aromatic heterocycles. The van der Waals surface area contributed by atoms with Gasteiger partial charge in [-0.1, -0.05) is 18.2 Å². The number of hydrogen-bond donors (Lipinski definition) is 4. The molecule has 0 atom stereocenters. The van der Waals surface area contributed by atoms with Gasteiger partial charge in [-0.3, -0.25) is 0 Å². The number of aliphatic hydroxyl groups is 2. The maximum absolute atomic E-state index is 13.5. The molecule has 0 amide bonds. The Bertz CT molecular complexity index is 1310. The second kappa shape index (κ2) is 7.68. The zero-order valence-electron chi connectivity index (χ0n) is 17.0. The van der Waals surface area contributed by atoms with Crippen LogP contribution in [0.4, 0.5) is 64.1 Å². The summed E-state index contributed by atoms with van der Waals surface area (Å²) in [7, 11) is 0. The number of halogens is 12. The molecule has 4 nitrogen and oxygen atoms in total. The number of nitrogens with two attached hydrogens (primary N) is 2. The predicted molar refractivity (Wildman–Crippen MR) is 102 cm³/mol. The first kappa shape index (κ1) is 27.4. The molecule has 0 fully saturated rings. The maximum Gasteiger partial charge on any atom is 0.430 e. The van der Waals surface area contributed by atoms with Crippen molar-refractivity contribution in [3.05, 3.63) is 47.5 Å². The van der Waals surface area contributed by atoms with Gasteiger partial charge in [-0.2, -0.15) is 52.7 Å². The second-order valence-corrected chi connectivity index (χ2v) is 7.76. The highest BCUT2D eigenvalue weighted by Gasteiger charge is 2.73. The fourth-order valence-electron chi connectivity index (χ4n) is 3.82.